The molecule has 1 amide bonds. The minimum Gasteiger partial charge on any atom is -0.508 e. The number of aliphatic hydroxyl groups is 1. The smallest absolute Gasteiger partial charge is 0.278 e. The van der Waals surface area contributed by atoms with Crippen molar-refractivity contribution < 1.29 is 19.8 Å². The molecule has 1 aromatic rings. The second kappa shape index (κ2) is 6.29. The molecule has 7 heteroatoms. The average Bonchev–Trinajstić information content (AvgIpc) is 2.78. The summed E-state index contributed by atoms with van der Waals surface area (Å²) < 4.78 is 0. The number of rotatable bonds is 5. The maximum Gasteiger partial charge on any atom is 0.278 e. The van der Waals surface area contributed by atoms with Crippen molar-refractivity contribution in [3.63, 3.8) is 0 Å². The Morgan fingerprint density at radius 1 is 1.33 bits per heavy atom. The maximum absolute atomic E-state index is 12.2. The van der Waals surface area contributed by atoms with Crippen molar-refractivity contribution in [2.75, 3.05) is 13.2 Å². The summed E-state index contributed by atoms with van der Waals surface area (Å²) in [5, 5.41) is 18.3. The second-order valence-corrected chi connectivity index (χ2v) is 4.46. The predicted molar refractivity (Wildman–Crippen MR) is 76.4 cm³/mol. The van der Waals surface area contributed by atoms with Crippen molar-refractivity contribution in [3.05, 3.63) is 35.5 Å². The van der Waals surface area contributed by atoms with Crippen molar-refractivity contribution in [1.82, 2.24) is 4.90 Å². The number of benzene rings is 1. The summed E-state index contributed by atoms with van der Waals surface area (Å²) in [6.45, 7) is -0.549. The van der Waals surface area contributed by atoms with Crippen LogP contribution < -0.4 is 5.73 Å². The van der Waals surface area contributed by atoms with Crippen molar-refractivity contribution in [1.29, 1.82) is 0 Å². The van der Waals surface area contributed by atoms with Crippen LogP contribution in [0.4, 0.5) is 0 Å². The Kier molecular flexibility index (Phi) is 4.46. The maximum atomic E-state index is 12.2. The molecule has 1 heterocycles. The minimum absolute atomic E-state index is 0.115. The van der Waals surface area contributed by atoms with Crippen molar-refractivity contribution in [3.8, 4) is 5.75 Å². The Hall–Kier alpha value is -2.51. The van der Waals surface area contributed by atoms with Crippen LogP contribution in [-0.4, -0.2) is 52.3 Å². The van der Waals surface area contributed by atoms with Gasteiger partial charge in [0.15, 0.2) is 0 Å². The molecule has 110 valence electrons. The number of hydrogen-bond donors (Lipinski definition) is 3. The van der Waals surface area contributed by atoms with Gasteiger partial charge in [-0.2, -0.15) is 0 Å². The molecule has 7 nitrogen and oxygen atoms in total. The summed E-state index contributed by atoms with van der Waals surface area (Å²) in [7, 11) is 0. The average molecular weight is 289 g/mol. The van der Waals surface area contributed by atoms with Gasteiger partial charge in [0.25, 0.3) is 5.91 Å². The minimum atomic E-state index is -0.834. The molecular weight excluding hydrogens is 274 g/mol. The monoisotopic (exact) mass is 289 g/mol. The standard InChI is InChI=1S/C14H15N3O4/c15-11(8-19)13-16-12(14(21)17(13)5-6-18)7-9-1-3-10(20)4-2-9/h1-4,6-7,11,19-20H,5,8,15H2/b12-7+/t11-/m0/s1. The molecule has 0 bridgehead atoms. The zero-order valence-corrected chi connectivity index (χ0v) is 11.1. The number of carbonyl (C=O) groups is 2. The van der Waals surface area contributed by atoms with Gasteiger partial charge in [0.2, 0.25) is 0 Å². The Balaban J connectivity index is 2.35. The lowest BCUT2D eigenvalue weighted by Crippen LogP contribution is -2.46. The number of amidine groups is 1. The molecule has 2 rings (SSSR count). The van der Waals surface area contributed by atoms with E-state index in [1.807, 2.05) is 0 Å². The lowest BCUT2D eigenvalue weighted by Gasteiger charge is -2.18. The highest BCUT2D eigenvalue weighted by molar-refractivity contribution is 6.16. The summed E-state index contributed by atoms with van der Waals surface area (Å²) in [6.07, 6.45) is 2.09. The van der Waals surface area contributed by atoms with Gasteiger partial charge in [-0.15, -0.1) is 0 Å². The lowest BCUT2D eigenvalue weighted by atomic mass is 10.2. The van der Waals surface area contributed by atoms with Crippen LogP contribution in [-0.2, 0) is 9.59 Å². The van der Waals surface area contributed by atoms with Crippen LogP contribution in [0.1, 0.15) is 5.56 Å². The molecule has 0 fully saturated rings. The van der Waals surface area contributed by atoms with E-state index in [0.717, 1.165) is 4.90 Å². The van der Waals surface area contributed by atoms with Crippen molar-refractivity contribution in [2.24, 2.45) is 10.7 Å². The number of amides is 1. The van der Waals surface area contributed by atoms with E-state index in [2.05, 4.69) is 4.99 Å². The van der Waals surface area contributed by atoms with Crippen LogP contribution in [0.3, 0.4) is 0 Å². The first-order valence-corrected chi connectivity index (χ1v) is 6.28. The molecule has 1 aliphatic rings. The van der Waals surface area contributed by atoms with Crippen LogP contribution in [0.2, 0.25) is 0 Å². The third kappa shape index (κ3) is 3.15. The molecule has 0 aliphatic carbocycles. The van der Waals surface area contributed by atoms with Gasteiger partial charge in [-0.3, -0.25) is 9.69 Å². The fourth-order valence-electron chi connectivity index (χ4n) is 1.91. The molecular formula is C14H15N3O4. The molecule has 0 radical (unpaired) electrons. The highest BCUT2D eigenvalue weighted by Crippen LogP contribution is 2.20. The molecule has 0 saturated carbocycles. The first-order chi connectivity index (χ1) is 10.1. The van der Waals surface area contributed by atoms with Crippen molar-refractivity contribution in [2.45, 2.75) is 6.04 Å². The Labute approximate surface area is 121 Å². The number of carbonyl (C=O) groups excluding carboxylic acids is 2. The quantitative estimate of drug-likeness (QED) is 0.499. The molecule has 4 N–H and O–H groups in total. The number of aldehydes is 1. The number of nitrogens with zero attached hydrogens (tertiary/aromatic N) is 2. The number of phenolic OH excluding ortho intramolecular Hbond substituents is 1. The van der Waals surface area contributed by atoms with E-state index in [-0.39, 0.29) is 30.4 Å². The largest absolute Gasteiger partial charge is 0.508 e. The third-order valence-electron chi connectivity index (χ3n) is 2.96. The molecule has 0 saturated heterocycles. The highest BCUT2D eigenvalue weighted by atomic mass is 16.3. The van der Waals surface area contributed by atoms with E-state index in [9.17, 15) is 14.7 Å². The van der Waals surface area contributed by atoms with Gasteiger partial charge in [-0.1, -0.05) is 12.1 Å². The predicted octanol–water partition coefficient (Wildman–Crippen LogP) is -0.508. The summed E-state index contributed by atoms with van der Waals surface area (Å²) >= 11 is 0. The number of aliphatic hydroxyl groups excluding tert-OH is 1. The summed E-state index contributed by atoms with van der Waals surface area (Å²) in [5.74, 6) is -0.169. The van der Waals surface area contributed by atoms with E-state index < -0.39 is 11.9 Å². The second-order valence-electron chi connectivity index (χ2n) is 4.46. The Morgan fingerprint density at radius 2 is 2.00 bits per heavy atom. The normalized spacial score (nSPS) is 18.0. The first-order valence-electron chi connectivity index (χ1n) is 6.28. The molecule has 0 spiro atoms. The SMILES string of the molecule is N[C@@H](CO)C1=N/C(=C/c2ccc(O)cc2)C(=O)N1CC=O. The third-order valence-corrected chi connectivity index (χ3v) is 2.96. The molecule has 0 unspecified atom stereocenters. The Morgan fingerprint density at radius 3 is 2.57 bits per heavy atom. The fourth-order valence-corrected chi connectivity index (χ4v) is 1.91. The van der Waals surface area contributed by atoms with E-state index in [0.29, 0.717) is 11.8 Å². The van der Waals surface area contributed by atoms with Crippen LogP contribution in [0, 0.1) is 0 Å². The van der Waals surface area contributed by atoms with E-state index >= 15 is 0 Å². The van der Waals surface area contributed by atoms with Gasteiger partial charge in [-0.05, 0) is 23.8 Å². The molecule has 0 aromatic heterocycles. The van der Waals surface area contributed by atoms with E-state index in [4.69, 9.17) is 10.8 Å². The zero-order valence-electron chi connectivity index (χ0n) is 11.1. The topological polar surface area (TPSA) is 116 Å². The number of hydrogen-bond acceptors (Lipinski definition) is 6. The van der Waals surface area contributed by atoms with Gasteiger partial charge in [-0.25, -0.2) is 4.99 Å². The van der Waals surface area contributed by atoms with Gasteiger partial charge < -0.3 is 20.7 Å². The summed E-state index contributed by atoms with van der Waals surface area (Å²) in [4.78, 5) is 28.1. The van der Waals surface area contributed by atoms with Crippen LogP contribution >= 0.6 is 0 Å². The van der Waals surface area contributed by atoms with E-state index in [1.54, 1.807) is 12.1 Å². The lowest BCUT2D eigenvalue weighted by molar-refractivity contribution is -0.124. The molecule has 1 aliphatic heterocycles. The first kappa shape index (κ1) is 14.9. The summed E-state index contributed by atoms with van der Waals surface area (Å²) in [6, 6.07) is 5.39. The van der Waals surface area contributed by atoms with E-state index in [1.165, 1.54) is 18.2 Å². The van der Waals surface area contributed by atoms with Gasteiger partial charge in [0.1, 0.15) is 23.6 Å². The van der Waals surface area contributed by atoms with Gasteiger partial charge in [0, 0.05) is 0 Å². The van der Waals surface area contributed by atoms with Crippen LogP contribution in [0.15, 0.2) is 35.0 Å². The summed E-state index contributed by atoms with van der Waals surface area (Å²) in [5.41, 5.74) is 6.48. The number of phenols is 1. The van der Waals surface area contributed by atoms with Crippen LogP contribution in [0.25, 0.3) is 6.08 Å². The van der Waals surface area contributed by atoms with Gasteiger partial charge >= 0.3 is 0 Å². The zero-order chi connectivity index (χ0) is 15.4. The number of aliphatic imine (C=N–C) groups is 1. The molecule has 21 heavy (non-hydrogen) atoms. The van der Waals surface area contributed by atoms with Crippen LogP contribution in [0.5, 0.6) is 5.75 Å². The number of nitrogens with two attached hydrogens (primary N) is 1. The fraction of sp³-hybridized carbons (Fsp3) is 0.214. The molecule has 1 atom stereocenters. The molecule has 1 aromatic carbocycles. The number of aromatic hydroxyl groups is 1. The highest BCUT2D eigenvalue weighted by Gasteiger charge is 2.32. The van der Waals surface area contributed by atoms with Crippen molar-refractivity contribution >= 4 is 24.1 Å². The Bertz CT molecular complexity index is 607. The van der Waals surface area contributed by atoms with Gasteiger partial charge in [0.05, 0.1) is 19.2 Å².